The van der Waals surface area contributed by atoms with Crippen molar-refractivity contribution in [1.29, 1.82) is 0 Å². The fraction of sp³-hybridized carbons (Fsp3) is 0.636. The third-order valence-corrected chi connectivity index (χ3v) is 5.93. The van der Waals surface area contributed by atoms with E-state index in [1.807, 2.05) is 0 Å². The number of hydrogen-bond acceptors (Lipinski definition) is 4. The smallest absolute Gasteiger partial charge is 0.250 e. The van der Waals surface area contributed by atoms with Crippen LogP contribution in [0, 0.1) is 0 Å². The summed E-state index contributed by atoms with van der Waals surface area (Å²) in [5, 5.41) is 11.6. The van der Waals surface area contributed by atoms with Crippen molar-refractivity contribution in [3.8, 4) is 0 Å². The molecular formula is C11H17NO3S2. The largest absolute Gasteiger partial charge is 0.391 e. The molecule has 1 fully saturated rings. The Hall–Kier alpha value is -0.430. The number of aliphatic hydroxyl groups is 1. The van der Waals surface area contributed by atoms with Crippen molar-refractivity contribution in [2.45, 2.75) is 48.5 Å². The zero-order chi connectivity index (χ0) is 12.3. The van der Waals surface area contributed by atoms with Gasteiger partial charge in [-0.05, 0) is 24.3 Å². The molecule has 2 atom stereocenters. The molecule has 1 aromatic rings. The maximum atomic E-state index is 12.0. The Morgan fingerprint density at radius 2 is 2.06 bits per heavy atom. The minimum Gasteiger partial charge on any atom is -0.391 e. The first kappa shape index (κ1) is 13.0. The first-order chi connectivity index (χ1) is 8.09. The number of aliphatic hydroxyl groups excluding tert-OH is 1. The van der Waals surface area contributed by atoms with E-state index in [4.69, 9.17) is 0 Å². The van der Waals surface area contributed by atoms with E-state index >= 15 is 0 Å². The Bertz CT molecular complexity index is 441. The number of hydrogen-bond donors (Lipinski definition) is 2. The highest BCUT2D eigenvalue weighted by Gasteiger charge is 2.27. The molecule has 0 aliphatic heterocycles. The topological polar surface area (TPSA) is 66.4 Å². The van der Waals surface area contributed by atoms with Gasteiger partial charge in [0.05, 0.1) is 6.10 Å². The Labute approximate surface area is 106 Å². The van der Waals surface area contributed by atoms with Crippen molar-refractivity contribution in [1.82, 2.24) is 4.72 Å². The van der Waals surface area contributed by atoms with E-state index in [9.17, 15) is 13.5 Å². The second kappa shape index (κ2) is 5.48. The molecule has 1 heterocycles. The van der Waals surface area contributed by atoms with E-state index in [1.165, 1.54) is 11.3 Å². The second-order valence-electron chi connectivity index (χ2n) is 4.37. The number of rotatable bonds is 3. The van der Waals surface area contributed by atoms with Crippen LogP contribution in [0.25, 0.3) is 0 Å². The average Bonchev–Trinajstić information content (AvgIpc) is 2.74. The van der Waals surface area contributed by atoms with E-state index in [1.54, 1.807) is 17.5 Å². The lowest BCUT2D eigenvalue weighted by molar-refractivity contribution is 0.130. The van der Waals surface area contributed by atoms with Crippen LogP contribution in [0.15, 0.2) is 21.7 Å². The number of thiophene rings is 1. The highest BCUT2D eigenvalue weighted by Crippen LogP contribution is 2.21. The summed E-state index contributed by atoms with van der Waals surface area (Å²) in [5.41, 5.74) is 0. The van der Waals surface area contributed by atoms with Gasteiger partial charge in [0, 0.05) is 6.04 Å². The summed E-state index contributed by atoms with van der Waals surface area (Å²) in [7, 11) is -3.46. The predicted molar refractivity (Wildman–Crippen MR) is 67.5 cm³/mol. The van der Waals surface area contributed by atoms with Crippen LogP contribution < -0.4 is 4.72 Å². The molecule has 2 N–H and O–H groups in total. The summed E-state index contributed by atoms with van der Waals surface area (Å²) in [6, 6.07) is 2.95. The molecule has 0 saturated heterocycles. The van der Waals surface area contributed by atoms with Gasteiger partial charge in [-0.25, -0.2) is 13.1 Å². The molecule has 2 rings (SSSR count). The van der Waals surface area contributed by atoms with Crippen molar-refractivity contribution < 1.29 is 13.5 Å². The van der Waals surface area contributed by atoms with Crippen LogP contribution >= 0.6 is 11.3 Å². The molecule has 17 heavy (non-hydrogen) atoms. The molecule has 1 aliphatic carbocycles. The first-order valence-electron chi connectivity index (χ1n) is 5.83. The molecule has 4 nitrogen and oxygen atoms in total. The van der Waals surface area contributed by atoms with Gasteiger partial charge >= 0.3 is 0 Å². The minimum absolute atomic E-state index is 0.314. The van der Waals surface area contributed by atoms with Crippen LogP contribution in [0.1, 0.15) is 32.1 Å². The van der Waals surface area contributed by atoms with Crippen molar-refractivity contribution in [3.05, 3.63) is 17.5 Å². The third kappa shape index (κ3) is 3.28. The average molecular weight is 275 g/mol. The fourth-order valence-electron chi connectivity index (χ4n) is 2.10. The molecule has 0 spiro atoms. The van der Waals surface area contributed by atoms with Crippen LogP contribution in [0.2, 0.25) is 0 Å². The Balaban J connectivity index is 2.09. The van der Waals surface area contributed by atoms with Gasteiger partial charge in [0.2, 0.25) is 10.0 Å². The molecule has 1 aromatic heterocycles. The maximum absolute atomic E-state index is 12.0. The fourth-order valence-corrected chi connectivity index (χ4v) is 4.41. The second-order valence-corrected chi connectivity index (χ2v) is 7.25. The van der Waals surface area contributed by atoms with Gasteiger partial charge in [0.15, 0.2) is 0 Å². The monoisotopic (exact) mass is 275 g/mol. The molecule has 0 radical (unpaired) electrons. The number of sulfonamides is 1. The van der Waals surface area contributed by atoms with Crippen molar-refractivity contribution in [2.24, 2.45) is 0 Å². The Morgan fingerprint density at radius 1 is 1.29 bits per heavy atom. The van der Waals surface area contributed by atoms with E-state index < -0.39 is 16.1 Å². The lowest BCUT2D eigenvalue weighted by Gasteiger charge is -2.21. The molecule has 2 unspecified atom stereocenters. The zero-order valence-electron chi connectivity index (χ0n) is 9.50. The molecular weight excluding hydrogens is 258 g/mol. The molecule has 0 amide bonds. The number of nitrogens with one attached hydrogen (secondary N) is 1. The highest BCUT2D eigenvalue weighted by molar-refractivity contribution is 7.91. The normalized spacial score (nSPS) is 26.6. The van der Waals surface area contributed by atoms with Crippen molar-refractivity contribution >= 4 is 21.4 Å². The lowest BCUT2D eigenvalue weighted by atomic mass is 10.1. The standard InChI is InChI=1S/C11H17NO3S2/c13-10-6-3-1-2-5-9(10)12-17(14,15)11-7-4-8-16-11/h4,7-10,12-13H,1-3,5-6H2. The maximum Gasteiger partial charge on any atom is 0.250 e. The third-order valence-electron chi connectivity index (χ3n) is 3.05. The SMILES string of the molecule is O=S(=O)(NC1CCCCCC1O)c1cccs1. The van der Waals surface area contributed by atoms with Crippen LogP contribution in [0.3, 0.4) is 0 Å². The molecule has 0 bridgehead atoms. The quantitative estimate of drug-likeness (QED) is 0.825. The summed E-state index contributed by atoms with van der Waals surface area (Å²) in [5.74, 6) is 0. The summed E-state index contributed by atoms with van der Waals surface area (Å²) in [6.07, 6.45) is 3.83. The molecule has 6 heteroatoms. The molecule has 0 aromatic carbocycles. The molecule has 96 valence electrons. The predicted octanol–water partition coefficient (Wildman–Crippen LogP) is 1.72. The van der Waals surface area contributed by atoms with Crippen molar-refractivity contribution in [2.75, 3.05) is 0 Å². The minimum atomic E-state index is -3.46. The Kier molecular flexibility index (Phi) is 4.19. The van der Waals surface area contributed by atoms with E-state index in [2.05, 4.69) is 4.72 Å². The van der Waals surface area contributed by atoms with Crippen LogP contribution in [-0.2, 0) is 10.0 Å². The van der Waals surface area contributed by atoms with E-state index in [0.29, 0.717) is 17.1 Å². The van der Waals surface area contributed by atoms with Crippen LogP contribution in [0.4, 0.5) is 0 Å². The molecule has 1 aliphatic rings. The summed E-state index contributed by atoms with van der Waals surface area (Å²) < 4.78 is 26.9. The van der Waals surface area contributed by atoms with Crippen LogP contribution in [-0.4, -0.2) is 25.7 Å². The van der Waals surface area contributed by atoms with E-state index in [-0.39, 0.29) is 6.04 Å². The van der Waals surface area contributed by atoms with Gasteiger partial charge in [0.1, 0.15) is 4.21 Å². The van der Waals surface area contributed by atoms with Gasteiger partial charge in [0.25, 0.3) is 0 Å². The summed E-state index contributed by atoms with van der Waals surface area (Å²) in [6.45, 7) is 0. The van der Waals surface area contributed by atoms with Gasteiger partial charge in [-0.15, -0.1) is 11.3 Å². The molecule has 1 saturated carbocycles. The van der Waals surface area contributed by atoms with Gasteiger partial charge in [-0.1, -0.05) is 25.3 Å². The van der Waals surface area contributed by atoms with Gasteiger partial charge in [-0.2, -0.15) is 0 Å². The van der Waals surface area contributed by atoms with Crippen LogP contribution in [0.5, 0.6) is 0 Å². The van der Waals surface area contributed by atoms with E-state index in [0.717, 1.165) is 19.3 Å². The first-order valence-corrected chi connectivity index (χ1v) is 8.20. The van der Waals surface area contributed by atoms with Gasteiger partial charge in [-0.3, -0.25) is 0 Å². The van der Waals surface area contributed by atoms with Crippen molar-refractivity contribution in [3.63, 3.8) is 0 Å². The lowest BCUT2D eigenvalue weighted by Crippen LogP contribution is -2.42. The van der Waals surface area contributed by atoms with Gasteiger partial charge < -0.3 is 5.11 Å². The summed E-state index contributed by atoms with van der Waals surface area (Å²) >= 11 is 1.19. The highest BCUT2D eigenvalue weighted by atomic mass is 32.2. The summed E-state index contributed by atoms with van der Waals surface area (Å²) in [4.78, 5) is 0. The Morgan fingerprint density at radius 3 is 2.76 bits per heavy atom. The zero-order valence-corrected chi connectivity index (χ0v) is 11.1.